The molecule has 0 bridgehead atoms. The van der Waals surface area contributed by atoms with Gasteiger partial charge >= 0.3 is 29.6 Å². The summed E-state index contributed by atoms with van der Waals surface area (Å²) in [5.41, 5.74) is 2.41. The van der Waals surface area contributed by atoms with Crippen molar-refractivity contribution >= 4 is 44.6 Å². The molecule has 3 aromatic rings. The molecule has 1 aromatic heterocycles. The van der Waals surface area contributed by atoms with E-state index in [4.69, 9.17) is 16.3 Å². The predicted molar refractivity (Wildman–Crippen MR) is 119 cm³/mol. The zero-order chi connectivity index (χ0) is 23.7. The van der Waals surface area contributed by atoms with E-state index in [0.29, 0.717) is 29.8 Å². The van der Waals surface area contributed by atoms with Crippen molar-refractivity contribution in [2.24, 2.45) is 0 Å². The van der Waals surface area contributed by atoms with Gasteiger partial charge in [0.2, 0.25) is 0 Å². The summed E-state index contributed by atoms with van der Waals surface area (Å²) in [6.07, 6.45) is 2.13. The Labute approximate surface area is 229 Å². The molecule has 0 N–H and O–H groups in total. The van der Waals surface area contributed by atoms with Gasteiger partial charge in [0, 0.05) is 15.6 Å². The van der Waals surface area contributed by atoms with Crippen molar-refractivity contribution in [2.45, 2.75) is 25.9 Å². The molecule has 170 valence electrons. The summed E-state index contributed by atoms with van der Waals surface area (Å²) in [5, 5.41) is 11.3. The summed E-state index contributed by atoms with van der Waals surface area (Å²) in [6, 6.07) is 10.3. The van der Waals surface area contributed by atoms with Gasteiger partial charge in [-0.05, 0) is 72.9 Å². The van der Waals surface area contributed by atoms with Crippen molar-refractivity contribution < 1.29 is 57.4 Å². The zero-order valence-corrected chi connectivity index (χ0v) is 22.3. The molecule has 0 spiro atoms. The van der Waals surface area contributed by atoms with Crippen LogP contribution in [0.5, 0.6) is 5.75 Å². The second kappa shape index (κ2) is 11.3. The van der Waals surface area contributed by atoms with Crippen LogP contribution >= 0.6 is 27.5 Å². The smallest absolute Gasteiger partial charge is 0.543 e. The van der Waals surface area contributed by atoms with Gasteiger partial charge in [-0.2, -0.15) is 0 Å². The quantitative estimate of drug-likeness (QED) is 0.344. The van der Waals surface area contributed by atoms with Gasteiger partial charge in [0.15, 0.2) is 17.5 Å². The fourth-order valence-electron chi connectivity index (χ4n) is 3.77. The van der Waals surface area contributed by atoms with Gasteiger partial charge in [-0.1, -0.05) is 27.5 Å². The second-order valence-corrected chi connectivity index (χ2v) is 8.71. The van der Waals surface area contributed by atoms with Crippen LogP contribution in [0.3, 0.4) is 0 Å². The molecular weight excluding hydrogens is 546 g/mol. The Hall–Kier alpha value is -1.84. The van der Waals surface area contributed by atoms with E-state index in [1.807, 2.05) is 6.07 Å². The summed E-state index contributed by atoms with van der Waals surface area (Å²) in [5.74, 6) is -5.18. The monoisotopic (exact) mass is 559 g/mol. The number of rotatable bonds is 6. The summed E-state index contributed by atoms with van der Waals surface area (Å²) in [7, 11) is 0. The number of aromatic carboxylic acids is 1. The van der Waals surface area contributed by atoms with Crippen molar-refractivity contribution in [3.63, 3.8) is 0 Å². The van der Waals surface area contributed by atoms with E-state index in [2.05, 4.69) is 20.9 Å². The minimum absolute atomic E-state index is 0. The number of allylic oxidation sites excluding steroid dienone is 2. The van der Waals surface area contributed by atoms with Gasteiger partial charge in [0.1, 0.15) is 18.1 Å². The number of hydrogen-bond donors (Lipinski definition) is 0. The summed E-state index contributed by atoms with van der Waals surface area (Å²) >= 11 is 9.36. The number of benzene rings is 2. The number of aromatic nitrogens is 1. The normalized spacial score (nSPS) is 13.1. The molecule has 1 heterocycles. The number of carboxylic acids is 1. The largest absolute Gasteiger partial charge is 1.00 e. The molecule has 0 saturated heterocycles. The van der Waals surface area contributed by atoms with Crippen LogP contribution < -0.4 is 39.4 Å². The standard InChI is InChI=1S/C24H16BrClF3NO3.Na/c25-13-5-9-20(33-11-12-4-7-18(27)22(29)21(12)28)16(10-13)14-2-1-3-15(14)19-8-6-17(26)23(30-19)24(31)32;/h4-10H,1-3,11H2,(H,31,32);/q;+1/p-1. The van der Waals surface area contributed by atoms with Crippen LogP contribution in [0.2, 0.25) is 5.02 Å². The first kappa shape index (κ1) is 26.8. The maximum absolute atomic E-state index is 14.1. The van der Waals surface area contributed by atoms with E-state index in [0.717, 1.165) is 34.2 Å². The van der Waals surface area contributed by atoms with E-state index in [1.165, 1.54) is 6.07 Å². The number of halogens is 5. The molecule has 0 atom stereocenters. The minimum atomic E-state index is -1.55. The van der Waals surface area contributed by atoms with Crippen LogP contribution in [0.15, 0.2) is 46.9 Å². The SMILES string of the molecule is O=C([O-])c1nc(C2=C(c3cc(Br)ccc3OCc3ccc(F)c(F)c3F)CCC2)ccc1Cl.[Na+]. The average molecular weight is 561 g/mol. The molecule has 4 nitrogen and oxygen atoms in total. The molecule has 34 heavy (non-hydrogen) atoms. The van der Waals surface area contributed by atoms with E-state index < -0.39 is 23.4 Å². The van der Waals surface area contributed by atoms with E-state index >= 15 is 0 Å². The van der Waals surface area contributed by atoms with Crippen molar-refractivity contribution in [3.05, 3.63) is 91.9 Å². The van der Waals surface area contributed by atoms with Crippen LogP contribution in [0.25, 0.3) is 11.1 Å². The number of carbonyl (C=O) groups is 1. The molecule has 0 aliphatic heterocycles. The van der Waals surface area contributed by atoms with E-state index in [9.17, 15) is 23.1 Å². The number of pyridine rings is 1. The summed E-state index contributed by atoms with van der Waals surface area (Å²) in [6.45, 7) is -0.311. The van der Waals surface area contributed by atoms with Gasteiger partial charge in [0.25, 0.3) is 0 Å². The van der Waals surface area contributed by atoms with Gasteiger partial charge in [-0.15, -0.1) is 0 Å². The number of carbonyl (C=O) groups excluding carboxylic acids is 1. The minimum Gasteiger partial charge on any atom is -0.543 e. The molecule has 1 aliphatic rings. The molecule has 0 amide bonds. The second-order valence-electron chi connectivity index (χ2n) is 7.39. The molecule has 0 unspecified atom stereocenters. The predicted octanol–water partition coefficient (Wildman–Crippen LogP) is 2.96. The third kappa shape index (κ3) is 5.52. The molecule has 0 fully saturated rings. The number of carboxylic acid groups (broad SMARTS) is 1. The third-order valence-electron chi connectivity index (χ3n) is 5.33. The number of ether oxygens (including phenoxy) is 1. The molecule has 4 rings (SSSR count). The van der Waals surface area contributed by atoms with Gasteiger partial charge in [-0.25, -0.2) is 18.2 Å². The van der Waals surface area contributed by atoms with E-state index in [1.54, 1.807) is 18.2 Å². The first-order valence-electron chi connectivity index (χ1n) is 9.91. The molecule has 10 heteroatoms. The maximum Gasteiger partial charge on any atom is 1.00 e. The average Bonchev–Trinajstić information content (AvgIpc) is 3.27. The Morgan fingerprint density at radius 3 is 2.53 bits per heavy atom. The van der Waals surface area contributed by atoms with Gasteiger partial charge in [-0.3, -0.25) is 0 Å². The van der Waals surface area contributed by atoms with Crippen LogP contribution in [0.1, 0.15) is 46.6 Å². The molecular formula is C24H15BrClF3NNaO3. The number of nitrogens with zero attached hydrogens (tertiary/aromatic N) is 1. The first-order chi connectivity index (χ1) is 15.8. The Morgan fingerprint density at radius 1 is 1.06 bits per heavy atom. The molecule has 1 aliphatic carbocycles. The van der Waals surface area contributed by atoms with Crippen molar-refractivity contribution in [3.8, 4) is 5.75 Å². The fraction of sp³-hybridized carbons (Fsp3) is 0.167. The fourth-order valence-corrected chi connectivity index (χ4v) is 4.32. The van der Waals surface area contributed by atoms with E-state index in [-0.39, 0.29) is 52.4 Å². The van der Waals surface area contributed by atoms with Crippen LogP contribution in [-0.4, -0.2) is 11.0 Å². The number of hydrogen-bond acceptors (Lipinski definition) is 4. The Kier molecular flexibility index (Phi) is 8.87. The van der Waals surface area contributed by atoms with Crippen molar-refractivity contribution in [2.75, 3.05) is 0 Å². The maximum atomic E-state index is 14.1. The molecule has 0 saturated carbocycles. The zero-order valence-electron chi connectivity index (χ0n) is 17.9. The van der Waals surface area contributed by atoms with Crippen LogP contribution in [0, 0.1) is 17.5 Å². The van der Waals surface area contributed by atoms with Crippen LogP contribution in [-0.2, 0) is 6.61 Å². The van der Waals surface area contributed by atoms with Crippen molar-refractivity contribution in [1.82, 2.24) is 4.98 Å². The Balaban J connectivity index is 0.00000324. The summed E-state index contributed by atoms with van der Waals surface area (Å²) < 4.78 is 47.4. The third-order valence-corrected chi connectivity index (χ3v) is 6.13. The van der Waals surface area contributed by atoms with Crippen LogP contribution in [0.4, 0.5) is 13.2 Å². The first-order valence-corrected chi connectivity index (χ1v) is 11.1. The molecule has 0 radical (unpaired) electrons. The Bertz CT molecular complexity index is 1300. The Morgan fingerprint density at radius 2 is 1.79 bits per heavy atom. The topological polar surface area (TPSA) is 62.2 Å². The molecule has 2 aromatic carbocycles. The van der Waals surface area contributed by atoms with Crippen molar-refractivity contribution in [1.29, 1.82) is 0 Å². The van der Waals surface area contributed by atoms with Gasteiger partial charge in [0.05, 0.1) is 16.7 Å². The summed E-state index contributed by atoms with van der Waals surface area (Å²) in [4.78, 5) is 15.5. The van der Waals surface area contributed by atoms with Gasteiger partial charge < -0.3 is 14.6 Å².